The monoisotopic (exact) mass is 382 g/mol. The van der Waals surface area contributed by atoms with Gasteiger partial charge in [-0.25, -0.2) is 0 Å². The van der Waals surface area contributed by atoms with Crippen LogP contribution in [-0.2, 0) is 11.3 Å². The van der Waals surface area contributed by atoms with Crippen molar-refractivity contribution in [3.05, 3.63) is 70.6 Å². The lowest BCUT2D eigenvalue weighted by molar-refractivity contribution is -0.115. The van der Waals surface area contributed by atoms with E-state index in [2.05, 4.69) is 65.7 Å². The molecule has 1 fully saturated rings. The molecule has 1 saturated heterocycles. The van der Waals surface area contributed by atoms with Crippen molar-refractivity contribution >= 4 is 46.0 Å². The molecule has 0 atom stereocenters. The van der Waals surface area contributed by atoms with E-state index in [1.54, 1.807) is 0 Å². The molecule has 1 aliphatic rings. The highest BCUT2D eigenvalue weighted by atomic mass is 32.2. The highest BCUT2D eigenvalue weighted by Crippen LogP contribution is 2.27. The Hall–Kier alpha value is -2.11. The van der Waals surface area contributed by atoms with Crippen molar-refractivity contribution in [2.24, 2.45) is 0 Å². The molecule has 3 rings (SSSR count). The lowest BCUT2D eigenvalue weighted by atomic mass is 10.1. The zero-order chi connectivity index (χ0) is 18.4. The Morgan fingerprint density at radius 2 is 1.85 bits per heavy atom. The van der Waals surface area contributed by atoms with E-state index in [1.165, 1.54) is 29.4 Å². The molecule has 0 radical (unpaired) electrons. The van der Waals surface area contributed by atoms with E-state index in [-0.39, 0.29) is 5.91 Å². The van der Waals surface area contributed by atoms with Crippen LogP contribution in [0.5, 0.6) is 0 Å². The summed E-state index contributed by atoms with van der Waals surface area (Å²) in [6, 6.07) is 18.9. The minimum atomic E-state index is -0.113. The molecule has 0 saturated carbocycles. The molecule has 0 bridgehead atoms. The number of carbonyl (C=O) groups is 1. The highest BCUT2D eigenvalue weighted by Gasteiger charge is 2.21. The van der Waals surface area contributed by atoms with Gasteiger partial charge in [0.2, 0.25) is 0 Å². The maximum atomic E-state index is 11.8. The number of nitrogens with zero attached hydrogens (tertiary/aromatic N) is 1. The van der Waals surface area contributed by atoms with Crippen LogP contribution in [0.3, 0.4) is 0 Å². The smallest absolute Gasteiger partial charge is 0.263 e. The minimum Gasteiger partial charge on any atom is -0.367 e. The summed E-state index contributed by atoms with van der Waals surface area (Å²) in [6.45, 7) is 4.14. The number of benzene rings is 2. The molecule has 0 unspecified atom stereocenters. The molecule has 1 aliphatic heterocycles. The number of nitrogens with one attached hydrogen (secondary N) is 1. The topological polar surface area (TPSA) is 32.3 Å². The van der Waals surface area contributed by atoms with Crippen molar-refractivity contribution in [2.45, 2.75) is 26.3 Å². The van der Waals surface area contributed by atoms with Crippen LogP contribution >= 0.6 is 24.0 Å². The summed E-state index contributed by atoms with van der Waals surface area (Å²) < 4.78 is 0.520. The van der Waals surface area contributed by atoms with Crippen LogP contribution in [0.15, 0.2) is 59.5 Å². The summed E-state index contributed by atoms with van der Waals surface area (Å²) in [5, 5.41) is 2.65. The molecule has 134 valence electrons. The van der Waals surface area contributed by atoms with Crippen LogP contribution < -0.4 is 10.2 Å². The quantitative estimate of drug-likeness (QED) is 0.541. The Morgan fingerprint density at radius 1 is 1.12 bits per heavy atom. The average molecular weight is 383 g/mol. The van der Waals surface area contributed by atoms with Gasteiger partial charge in [0, 0.05) is 18.8 Å². The van der Waals surface area contributed by atoms with Gasteiger partial charge in [-0.3, -0.25) is 4.79 Å². The zero-order valence-corrected chi connectivity index (χ0v) is 16.4. The number of carbonyl (C=O) groups excluding carboxylic acids is 1. The first-order chi connectivity index (χ1) is 12.7. The van der Waals surface area contributed by atoms with Gasteiger partial charge in [-0.2, -0.15) is 0 Å². The fourth-order valence-corrected chi connectivity index (χ4v) is 3.85. The molecule has 2 aromatic rings. The lowest BCUT2D eigenvalue weighted by Crippen LogP contribution is -2.23. The molecule has 0 spiro atoms. The summed E-state index contributed by atoms with van der Waals surface area (Å²) >= 11 is 6.34. The Bertz CT molecular complexity index is 801. The van der Waals surface area contributed by atoms with E-state index < -0.39 is 0 Å². The summed E-state index contributed by atoms with van der Waals surface area (Å²) in [5.41, 5.74) is 3.51. The van der Waals surface area contributed by atoms with Crippen molar-refractivity contribution in [3.63, 3.8) is 0 Å². The molecule has 0 aliphatic carbocycles. The van der Waals surface area contributed by atoms with Gasteiger partial charge < -0.3 is 10.2 Å². The SMILES string of the molecule is CCCCN(Cc1ccccc1)c1ccc(C=C2SC(=S)NC2=O)cc1. The predicted octanol–water partition coefficient (Wildman–Crippen LogP) is 4.98. The first-order valence-electron chi connectivity index (χ1n) is 8.79. The van der Waals surface area contributed by atoms with Crippen molar-refractivity contribution in [3.8, 4) is 0 Å². The Balaban J connectivity index is 1.76. The predicted molar refractivity (Wildman–Crippen MR) is 115 cm³/mol. The summed E-state index contributed by atoms with van der Waals surface area (Å²) in [4.78, 5) is 14.8. The fourth-order valence-electron chi connectivity index (χ4n) is 2.81. The number of unbranched alkanes of at least 4 members (excludes halogenated alkanes) is 1. The molecule has 1 N–H and O–H groups in total. The molecular weight excluding hydrogens is 360 g/mol. The van der Waals surface area contributed by atoms with Gasteiger partial charge in [-0.1, -0.05) is 79.8 Å². The number of hydrogen-bond donors (Lipinski definition) is 1. The standard InChI is InChI=1S/C21H22N2OS2/c1-2-3-13-23(15-17-7-5-4-6-8-17)18-11-9-16(10-12-18)14-19-20(24)22-21(25)26-19/h4-12,14H,2-3,13,15H2,1H3,(H,22,24,25). The maximum absolute atomic E-state index is 11.8. The normalized spacial score (nSPS) is 15.3. The molecule has 3 nitrogen and oxygen atoms in total. The third-order valence-electron chi connectivity index (χ3n) is 4.20. The first-order valence-corrected chi connectivity index (χ1v) is 10.0. The van der Waals surface area contributed by atoms with Gasteiger partial charge >= 0.3 is 0 Å². The van der Waals surface area contributed by atoms with Crippen LogP contribution in [0.1, 0.15) is 30.9 Å². The molecule has 2 aromatic carbocycles. The van der Waals surface area contributed by atoms with Gasteiger partial charge in [-0.15, -0.1) is 0 Å². The van der Waals surface area contributed by atoms with Gasteiger partial charge in [-0.05, 0) is 35.8 Å². The number of thioether (sulfide) groups is 1. The Kier molecular flexibility index (Phi) is 6.47. The average Bonchev–Trinajstić information content (AvgIpc) is 2.97. The second-order valence-corrected chi connectivity index (χ2v) is 7.92. The number of hydrogen-bond acceptors (Lipinski definition) is 4. The largest absolute Gasteiger partial charge is 0.367 e. The van der Waals surface area contributed by atoms with Crippen LogP contribution in [-0.4, -0.2) is 16.8 Å². The van der Waals surface area contributed by atoms with Crippen molar-refractivity contribution in [1.82, 2.24) is 5.32 Å². The minimum absolute atomic E-state index is 0.113. The Labute approximate surface area is 164 Å². The molecular formula is C21H22N2OS2. The van der Waals surface area contributed by atoms with E-state index in [0.717, 1.165) is 25.1 Å². The van der Waals surface area contributed by atoms with Crippen LogP contribution in [0.4, 0.5) is 5.69 Å². The van der Waals surface area contributed by atoms with Gasteiger partial charge in [0.05, 0.1) is 4.91 Å². The number of anilines is 1. The van der Waals surface area contributed by atoms with E-state index in [9.17, 15) is 4.79 Å². The third-order valence-corrected chi connectivity index (χ3v) is 5.36. The van der Waals surface area contributed by atoms with E-state index in [1.807, 2.05) is 12.1 Å². The number of rotatable bonds is 7. The second kappa shape index (κ2) is 9.01. The van der Waals surface area contributed by atoms with Gasteiger partial charge in [0.25, 0.3) is 5.91 Å². The van der Waals surface area contributed by atoms with Gasteiger partial charge in [0.15, 0.2) is 0 Å². The van der Waals surface area contributed by atoms with Crippen LogP contribution in [0.2, 0.25) is 0 Å². The first kappa shape index (κ1) is 18.7. The van der Waals surface area contributed by atoms with E-state index in [0.29, 0.717) is 9.23 Å². The van der Waals surface area contributed by atoms with E-state index >= 15 is 0 Å². The molecule has 0 aromatic heterocycles. The lowest BCUT2D eigenvalue weighted by Gasteiger charge is -2.25. The second-order valence-electron chi connectivity index (χ2n) is 6.20. The van der Waals surface area contributed by atoms with Crippen LogP contribution in [0, 0.1) is 0 Å². The zero-order valence-electron chi connectivity index (χ0n) is 14.8. The van der Waals surface area contributed by atoms with Crippen LogP contribution in [0.25, 0.3) is 6.08 Å². The summed E-state index contributed by atoms with van der Waals surface area (Å²) in [6.07, 6.45) is 4.21. The summed E-state index contributed by atoms with van der Waals surface area (Å²) in [5.74, 6) is -0.113. The highest BCUT2D eigenvalue weighted by molar-refractivity contribution is 8.26. The van der Waals surface area contributed by atoms with Gasteiger partial charge in [0.1, 0.15) is 4.32 Å². The number of thiocarbonyl (C=S) groups is 1. The Morgan fingerprint density at radius 3 is 2.46 bits per heavy atom. The molecule has 1 amide bonds. The fraction of sp³-hybridized carbons (Fsp3) is 0.238. The molecule has 1 heterocycles. The van der Waals surface area contributed by atoms with Crippen molar-refractivity contribution < 1.29 is 4.79 Å². The van der Waals surface area contributed by atoms with Crippen molar-refractivity contribution in [1.29, 1.82) is 0 Å². The van der Waals surface area contributed by atoms with E-state index in [4.69, 9.17) is 12.2 Å². The third kappa shape index (κ3) is 4.96. The maximum Gasteiger partial charge on any atom is 0.263 e. The van der Waals surface area contributed by atoms with Crippen molar-refractivity contribution in [2.75, 3.05) is 11.4 Å². The molecule has 26 heavy (non-hydrogen) atoms. The summed E-state index contributed by atoms with van der Waals surface area (Å²) in [7, 11) is 0. The number of amides is 1. The molecule has 5 heteroatoms.